The third-order valence-electron chi connectivity index (χ3n) is 7.84. The third kappa shape index (κ3) is 8.19. The number of anilines is 1. The van der Waals surface area contributed by atoms with E-state index in [4.69, 9.17) is 9.47 Å². The van der Waals surface area contributed by atoms with E-state index >= 15 is 0 Å². The van der Waals surface area contributed by atoms with Crippen molar-refractivity contribution in [1.82, 2.24) is 14.7 Å². The molecule has 212 valence electrons. The Labute approximate surface area is 233 Å². The Morgan fingerprint density at radius 2 is 1.77 bits per heavy atom. The quantitative estimate of drug-likeness (QED) is 0.474. The minimum atomic E-state index is -0.148. The Balaban J connectivity index is 1.29. The number of rotatable bonds is 10. The average Bonchev–Trinajstić information content (AvgIpc) is 2.97. The molecule has 0 bridgehead atoms. The second kappa shape index (κ2) is 14.3. The number of carbonyl (C=O) groups is 2. The molecular weight excluding hydrogens is 492 g/mol. The predicted octanol–water partition coefficient (Wildman–Crippen LogP) is 4.75. The molecule has 39 heavy (non-hydrogen) atoms. The minimum absolute atomic E-state index is 0.148. The van der Waals surface area contributed by atoms with Crippen LogP contribution in [0.3, 0.4) is 0 Å². The first-order chi connectivity index (χ1) is 19.0. The zero-order valence-electron chi connectivity index (χ0n) is 23.7. The summed E-state index contributed by atoms with van der Waals surface area (Å²) < 4.78 is 10.6. The number of benzene rings is 2. The van der Waals surface area contributed by atoms with Crippen molar-refractivity contribution < 1.29 is 19.1 Å². The number of hydrogen-bond donors (Lipinski definition) is 1. The minimum Gasteiger partial charge on any atom is -0.497 e. The summed E-state index contributed by atoms with van der Waals surface area (Å²) in [6, 6.07) is 15.9. The first kappa shape index (κ1) is 28.9. The van der Waals surface area contributed by atoms with Gasteiger partial charge in [0.15, 0.2) is 0 Å². The second-order valence-corrected chi connectivity index (χ2v) is 10.7. The highest BCUT2D eigenvalue weighted by Crippen LogP contribution is 2.23. The highest BCUT2D eigenvalue weighted by atomic mass is 16.5. The van der Waals surface area contributed by atoms with Crippen molar-refractivity contribution in [2.24, 2.45) is 5.92 Å². The molecule has 2 aromatic carbocycles. The van der Waals surface area contributed by atoms with Crippen LogP contribution in [0.25, 0.3) is 0 Å². The number of methoxy groups -OCH3 is 1. The number of ether oxygens (including phenoxy) is 2. The molecule has 2 aliphatic rings. The number of nitrogens with one attached hydrogen (secondary N) is 1. The molecule has 3 amide bonds. The number of urea groups is 1. The molecule has 2 aliphatic heterocycles. The van der Waals surface area contributed by atoms with E-state index in [9.17, 15) is 9.59 Å². The van der Waals surface area contributed by atoms with Crippen LogP contribution in [0.4, 0.5) is 10.5 Å². The molecule has 2 fully saturated rings. The monoisotopic (exact) mass is 536 g/mol. The van der Waals surface area contributed by atoms with Crippen molar-refractivity contribution in [3.05, 3.63) is 59.7 Å². The maximum atomic E-state index is 12.9. The summed E-state index contributed by atoms with van der Waals surface area (Å²) in [7, 11) is 1.60. The molecule has 0 aromatic heterocycles. The largest absolute Gasteiger partial charge is 0.497 e. The van der Waals surface area contributed by atoms with Crippen LogP contribution in [0.5, 0.6) is 5.75 Å². The number of nitrogens with zero attached hydrogens (tertiary/aromatic N) is 3. The molecule has 0 saturated carbocycles. The maximum Gasteiger partial charge on any atom is 0.320 e. The Bertz CT molecular complexity index is 1080. The Morgan fingerprint density at radius 1 is 1.05 bits per heavy atom. The van der Waals surface area contributed by atoms with Gasteiger partial charge in [0.2, 0.25) is 0 Å². The lowest BCUT2D eigenvalue weighted by atomic mass is 9.95. The van der Waals surface area contributed by atoms with Gasteiger partial charge in [-0.15, -0.1) is 0 Å². The van der Waals surface area contributed by atoms with Gasteiger partial charge in [0, 0.05) is 50.0 Å². The van der Waals surface area contributed by atoms with E-state index in [0.29, 0.717) is 49.6 Å². The molecule has 0 radical (unpaired) electrons. The molecule has 4 rings (SSSR count). The third-order valence-corrected chi connectivity index (χ3v) is 7.84. The number of likely N-dealkylation sites (tertiary alicyclic amines) is 1. The number of carbonyl (C=O) groups excluding carboxylic acids is 2. The predicted molar refractivity (Wildman–Crippen MR) is 155 cm³/mol. The first-order valence-electron chi connectivity index (χ1n) is 14.4. The zero-order chi connectivity index (χ0) is 27.6. The molecule has 2 aromatic rings. The summed E-state index contributed by atoms with van der Waals surface area (Å²) in [5.41, 5.74) is 2.57. The van der Waals surface area contributed by atoms with E-state index < -0.39 is 0 Å². The van der Waals surface area contributed by atoms with Crippen molar-refractivity contribution in [2.75, 3.05) is 64.9 Å². The van der Waals surface area contributed by atoms with Gasteiger partial charge in [0.1, 0.15) is 5.75 Å². The van der Waals surface area contributed by atoms with E-state index in [0.717, 1.165) is 57.5 Å². The highest BCUT2D eigenvalue weighted by Gasteiger charge is 2.29. The lowest BCUT2D eigenvalue weighted by Gasteiger charge is -2.39. The van der Waals surface area contributed by atoms with Gasteiger partial charge in [-0.05, 0) is 81.0 Å². The van der Waals surface area contributed by atoms with Crippen LogP contribution in [0, 0.1) is 5.92 Å². The molecule has 1 N–H and O–H groups in total. The van der Waals surface area contributed by atoms with Crippen LogP contribution in [0.2, 0.25) is 0 Å². The molecule has 8 nitrogen and oxygen atoms in total. The standard InChI is InChI=1S/C31H44N4O4/c1-4-13-35(23-25-11-14-33(15-12-25)31(37)34-16-18-39-19-17-34)24(2)20-26-7-5-9-28(21-26)32-30(36)27-8-6-10-29(22-27)38-3/h5-10,21-22,24-25H,4,11-20,23H2,1-3H3,(H,32,36). The van der Waals surface area contributed by atoms with Gasteiger partial charge in [0.05, 0.1) is 20.3 Å². The fraction of sp³-hybridized carbons (Fsp3) is 0.548. The average molecular weight is 537 g/mol. The number of piperidine rings is 1. The smallest absolute Gasteiger partial charge is 0.320 e. The second-order valence-electron chi connectivity index (χ2n) is 10.7. The van der Waals surface area contributed by atoms with E-state index in [1.165, 1.54) is 5.56 Å². The van der Waals surface area contributed by atoms with Gasteiger partial charge in [-0.2, -0.15) is 0 Å². The van der Waals surface area contributed by atoms with Gasteiger partial charge in [0.25, 0.3) is 5.91 Å². The van der Waals surface area contributed by atoms with E-state index in [1.807, 2.05) is 34.1 Å². The topological polar surface area (TPSA) is 74.4 Å². The van der Waals surface area contributed by atoms with Gasteiger partial charge in [-0.3, -0.25) is 4.79 Å². The van der Waals surface area contributed by atoms with Crippen molar-refractivity contribution >= 4 is 17.6 Å². The lowest BCUT2D eigenvalue weighted by molar-refractivity contribution is 0.0386. The molecule has 2 saturated heterocycles. The fourth-order valence-electron chi connectivity index (χ4n) is 5.59. The Morgan fingerprint density at radius 3 is 2.49 bits per heavy atom. The van der Waals surface area contributed by atoms with Crippen LogP contribution in [-0.2, 0) is 11.2 Å². The molecule has 2 heterocycles. The van der Waals surface area contributed by atoms with Crippen LogP contribution in [-0.4, -0.2) is 92.3 Å². The number of morpholine rings is 1. The summed E-state index contributed by atoms with van der Waals surface area (Å²) in [6.07, 6.45) is 4.12. The van der Waals surface area contributed by atoms with Crippen molar-refractivity contribution in [3.63, 3.8) is 0 Å². The maximum absolute atomic E-state index is 12.9. The highest BCUT2D eigenvalue weighted by molar-refractivity contribution is 6.04. The molecule has 1 atom stereocenters. The summed E-state index contributed by atoms with van der Waals surface area (Å²) >= 11 is 0. The van der Waals surface area contributed by atoms with E-state index in [-0.39, 0.29) is 11.9 Å². The number of hydrogen-bond acceptors (Lipinski definition) is 5. The normalized spacial score (nSPS) is 17.2. The van der Waals surface area contributed by atoms with Crippen LogP contribution < -0.4 is 10.1 Å². The molecule has 0 spiro atoms. The first-order valence-corrected chi connectivity index (χ1v) is 14.4. The molecular formula is C31H44N4O4. The van der Waals surface area contributed by atoms with Crippen LogP contribution in [0.1, 0.15) is 49.0 Å². The van der Waals surface area contributed by atoms with E-state index in [1.54, 1.807) is 19.2 Å². The van der Waals surface area contributed by atoms with Crippen molar-refractivity contribution in [3.8, 4) is 5.75 Å². The summed E-state index contributed by atoms with van der Waals surface area (Å²) in [5, 5.41) is 3.03. The van der Waals surface area contributed by atoms with Gasteiger partial charge < -0.3 is 29.5 Å². The Hall–Kier alpha value is -3.10. The van der Waals surface area contributed by atoms with Crippen molar-refractivity contribution in [1.29, 1.82) is 0 Å². The lowest BCUT2D eigenvalue weighted by Crippen LogP contribution is -2.51. The van der Waals surface area contributed by atoms with Crippen LogP contribution >= 0.6 is 0 Å². The Kier molecular flexibility index (Phi) is 10.6. The van der Waals surface area contributed by atoms with E-state index in [2.05, 4.69) is 36.2 Å². The summed E-state index contributed by atoms with van der Waals surface area (Å²) in [4.78, 5) is 32.2. The molecule has 0 aliphatic carbocycles. The van der Waals surface area contributed by atoms with Gasteiger partial charge in [-0.25, -0.2) is 4.79 Å². The fourth-order valence-corrected chi connectivity index (χ4v) is 5.59. The zero-order valence-corrected chi connectivity index (χ0v) is 23.7. The van der Waals surface area contributed by atoms with Gasteiger partial charge in [-0.1, -0.05) is 25.1 Å². The summed E-state index contributed by atoms with van der Waals surface area (Å²) in [6.45, 7) is 11.0. The van der Waals surface area contributed by atoms with Crippen molar-refractivity contribution in [2.45, 2.75) is 45.6 Å². The van der Waals surface area contributed by atoms with Crippen LogP contribution in [0.15, 0.2) is 48.5 Å². The number of amides is 3. The summed E-state index contributed by atoms with van der Waals surface area (Å²) in [5.74, 6) is 1.11. The SMILES string of the molecule is CCCN(CC1CCN(C(=O)N2CCOCC2)CC1)C(C)Cc1cccc(NC(=O)c2cccc(OC)c2)c1. The molecule has 1 unspecified atom stereocenters. The molecule has 8 heteroatoms. The van der Waals surface area contributed by atoms with Gasteiger partial charge >= 0.3 is 6.03 Å².